The summed E-state index contributed by atoms with van der Waals surface area (Å²) >= 11 is 6.34. The average molecular weight is 474 g/mol. The van der Waals surface area contributed by atoms with Crippen LogP contribution in [0, 0.1) is 5.82 Å². The Hall–Kier alpha value is -1.99. The van der Waals surface area contributed by atoms with E-state index in [1.807, 2.05) is 0 Å². The van der Waals surface area contributed by atoms with Crippen LogP contribution in [0.15, 0.2) is 23.4 Å². The van der Waals surface area contributed by atoms with Gasteiger partial charge in [-0.1, -0.05) is 11.6 Å². The Balaban J connectivity index is 1.83. The smallest absolute Gasteiger partial charge is 0.346 e. The molecule has 2 aromatic heterocycles. The third-order valence-electron chi connectivity index (χ3n) is 4.58. The molecule has 0 saturated carbocycles. The number of halogens is 8. The van der Waals surface area contributed by atoms with Gasteiger partial charge in [0.05, 0.1) is 22.3 Å². The van der Waals surface area contributed by atoms with Crippen LogP contribution in [-0.4, -0.2) is 43.0 Å². The van der Waals surface area contributed by atoms with E-state index in [1.54, 1.807) is 0 Å². The first kappa shape index (κ1) is 21.2. The van der Waals surface area contributed by atoms with E-state index in [9.17, 15) is 30.7 Å². The summed E-state index contributed by atoms with van der Waals surface area (Å²) in [6.45, 7) is 0.129. The van der Waals surface area contributed by atoms with Crippen LogP contribution in [0.2, 0.25) is 5.15 Å². The summed E-state index contributed by atoms with van der Waals surface area (Å²) in [4.78, 5) is 3.18. The van der Waals surface area contributed by atoms with E-state index >= 15 is 0 Å². The highest BCUT2D eigenvalue weighted by atomic mass is 35.5. The summed E-state index contributed by atoms with van der Waals surface area (Å²) in [6, 6.07) is -0.263. The Morgan fingerprint density at radius 3 is 2.50 bits per heavy atom. The molecule has 4 rings (SSSR count). The lowest BCUT2D eigenvalue weighted by atomic mass is 10.1. The van der Waals surface area contributed by atoms with E-state index in [0.29, 0.717) is 23.2 Å². The van der Waals surface area contributed by atoms with E-state index in [2.05, 4.69) is 15.2 Å². The van der Waals surface area contributed by atoms with E-state index in [4.69, 9.17) is 11.6 Å². The fourth-order valence-electron chi connectivity index (χ4n) is 3.35. The van der Waals surface area contributed by atoms with Crippen molar-refractivity contribution in [1.82, 2.24) is 24.3 Å². The van der Waals surface area contributed by atoms with E-state index in [0.717, 1.165) is 16.6 Å². The van der Waals surface area contributed by atoms with Crippen LogP contribution in [0.1, 0.15) is 18.4 Å². The number of hydrogen-bond acceptors (Lipinski definition) is 4. The summed E-state index contributed by atoms with van der Waals surface area (Å²) in [7, 11) is 0. The minimum atomic E-state index is -4.94. The number of aromatic amines is 1. The number of hydrogen-bond donors (Lipinski definition) is 1. The van der Waals surface area contributed by atoms with Crippen molar-refractivity contribution in [2.24, 2.45) is 0 Å². The van der Waals surface area contributed by atoms with Crippen molar-refractivity contribution in [3.8, 4) is 5.69 Å². The minimum absolute atomic E-state index is 0.0545. The maximum atomic E-state index is 14.5. The average Bonchev–Trinajstić information content (AvgIpc) is 3.33. The quantitative estimate of drug-likeness (QED) is 0.398. The van der Waals surface area contributed by atoms with Crippen LogP contribution in [0.25, 0.3) is 16.6 Å². The zero-order valence-electron chi connectivity index (χ0n) is 14.7. The second-order valence-electron chi connectivity index (χ2n) is 6.56. The number of benzene rings is 1. The standard InChI is InChI=1S/C16H11ClF7N5S/c17-11-6-25-29(27-11)14-7-4-12(30-28-3-1-2-10(28)16(22,23)24)26-13(7)9(18)5-8(14)15(19,20)21/h4-6,10,26H,1-3H2. The van der Waals surface area contributed by atoms with E-state index < -0.39 is 35.5 Å². The topological polar surface area (TPSA) is 49.7 Å². The van der Waals surface area contributed by atoms with E-state index in [-0.39, 0.29) is 40.1 Å². The van der Waals surface area contributed by atoms with Crippen LogP contribution in [0.3, 0.4) is 0 Å². The fraction of sp³-hybridized carbons (Fsp3) is 0.375. The van der Waals surface area contributed by atoms with Gasteiger partial charge in [-0.05, 0) is 36.9 Å². The van der Waals surface area contributed by atoms with Gasteiger partial charge in [0.25, 0.3) is 0 Å². The first-order chi connectivity index (χ1) is 13.9. The Bertz CT molecular complexity index is 1090. The molecule has 0 amide bonds. The van der Waals surface area contributed by atoms with Gasteiger partial charge in [-0.25, -0.2) is 8.70 Å². The van der Waals surface area contributed by atoms with Gasteiger partial charge in [0.2, 0.25) is 0 Å². The molecule has 1 fully saturated rings. The van der Waals surface area contributed by atoms with Crippen molar-refractivity contribution >= 4 is 34.5 Å². The van der Waals surface area contributed by atoms with E-state index in [1.165, 1.54) is 0 Å². The molecule has 14 heteroatoms. The normalized spacial score (nSPS) is 18.6. The summed E-state index contributed by atoms with van der Waals surface area (Å²) in [5.41, 5.74) is -2.23. The molecular formula is C16H11ClF7N5S. The monoisotopic (exact) mass is 473 g/mol. The maximum Gasteiger partial charge on any atom is 0.418 e. The molecule has 0 radical (unpaired) electrons. The van der Waals surface area contributed by atoms with Gasteiger partial charge in [-0.15, -0.1) is 9.90 Å². The zero-order valence-corrected chi connectivity index (χ0v) is 16.2. The predicted molar refractivity (Wildman–Crippen MR) is 94.8 cm³/mol. The first-order valence-corrected chi connectivity index (χ1v) is 9.62. The van der Waals surface area contributed by atoms with Gasteiger partial charge >= 0.3 is 12.4 Å². The first-order valence-electron chi connectivity index (χ1n) is 8.47. The summed E-state index contributed by atoms with van der Waals surface area (Å²) < 4.78 is 95.7. The van der Waals surface area contributed by atoms with Gasteiger partial charge in [0, 0.05) is 11.9 Å². The number of alkyl halides is 6. The maximum absolute atomic E-state index is 14.5. The zero-order chi connectivity index (χ0) is 21.8. The molecule has 1 aliphatic rings. The highest BCUT2D eigenvalue weighted by Crippen LogP contribution is 2.42. The Morgan fingerprint density at radius 2 is 1.90 bits per heavy atom. The minimum Gasteiger partial charge on any atom is -0.346 e. The van der Waals surface area contributed by atoms with Crippen molar-refractivity contribution in [2.45, 2.75) is 36.3 Å². The fourth-order valence-corrected chi connectivity index (χ4v) is 4.61. The molecule has 0 aliphatic carbocycles. The number of nitrogens with zero attached hydrogens (tertiary/aromatic N) is 4. The van der Waals surface area contributed by atoms with Crippen molar-refractivity contribution in [3.05, 3.63) is 34.9 Å². The highest BCUT2D eigenvalue weighted by molar-refractivity contribution is 7.97. The number of H-pyrrole nitrogens is 1. The second kappa shape index (κ2) is 7.31. The predicted octanol–water partition coefficient (Wildman–Crippen LogP) is 5.59. The summed E-state index contributed by atoms with van der Waals surface area (Å²) in [5, 5.41) is 6.96. The molecule has 1 N–H and O–H groups in total. The lowest BCUT2D eigenvalue weighted by molar-refractivity contribution is -0.163. The summed E-state index contributed by atoms with van der Waals surface area (Å²) in [6.07, 6.45) is -8.16. The third kappa shape index (κ3) is 3.85. The number of rotatable bonds is 3. The molecule has 0 spiro atoms. The molecule has 1 unspecified atom stereocenters. The lowest BCUT2D eigenvalue weighted by Crippen LogP contribution is -2.37. The van der Waals surface area contributed by atoms with Gasteiger partial charge in [-0.2, -0.15) is 31.4 Å². The van der Waals surface area contributed by atoms with Gasteiger partial charge < -0.3 is 4.98 Å². The lowest BCUT2D eigenvalue weighted by Gasteiger charge is -2.24. The van der Waals surface area contributed by atoms with Crippen molar-refractivity contribution in [1.29, 1.82) is 0 Å². The molecule has 3 heterocycles. The number of aromatic nitrogens is 4. The van der Waals surface area contributed by atoms with Crippen LogP contribution < -0.4 is 0 Å². The molecule has 30 heavy (non-hydrogen) atoms. The molecule has 1 aromatic carbocycles. The SMILES string of the molecule is Fc1cc(C(F)(F)F)c(-n2ncc(Cl)n2)c2cc(SN3CCCC3C(F)(F)F)[nH]c12. The third-order valence-corrected chi connectivity index (χ3v) is 5.84. The molecule has 1 atom stereocenters. The van der Waals surface area contributed by atoms with Crippen LogP contribution in [-0.2, 0) is 6.18 Å². The van der Waals surface area contributed by atoms with Gasteiger partial charge in [0.15, 0.2) is 5.15 Å². The van der Waals surface area contributed by atoms with Crippen LogP contribution in [0.4, 0.5) is 30.7 Å². The molecule has 162 valence electrons. The largest absolute Gasteiger partial charge is 0.418 e. The Kier molecular flexibility index (Phi) is 5.18. The highest BCUT2D eigenvalue weighted by Gasteiger charge is 2.46. The molecule has 1 aliphatic heterocycles. The molecule has 5 nitrogen and oxygen atoms in total. The molecule has 1 saturated heterocycles. The van der Waals surface area contributed by atoms with Crippen LogP contribution in [0.5, 0.6) is 0 Å². The van der Waals surface area contributed by atoms with Gasteiger partial charge in [0.1, 0.15) is 17.5 Å². The van der Waals surface area contributed by atoms with Crippen LogP contribution >= 0.6 is 23.5 Å². The Morgan fingerprint density at radius 1 is 1.17 bits per heavy atom. The number of nitrogens with one attached hydrogen (secondary N) is 1. The molecule has 0 bridgehead atoms. The van der Waals surface area contributed by atoms with Crippen molar-refractivity contribution in [3.63, 3.8) is 0 Å². The van der Waals surface area contributed by atoms with Crippen molar-refractivity contribution < 1.29 is 30.7 Å². The van der Waals surface area contributed by atoms with Crippen molar-refractivity contribution in [2.75, 3.05) is 6.54 Å². The molecule has 3 aromatic rings. The van der Waals surface area contributed by atoms with Gasteiger partial charge in [-0.3, -0.25) is 0 Å². The second-order valence-corrected chi connectivity index (χ2v) is 8.04. The Labute approximate surface area is 173 Å². The summed E-state index contributed by atoms with van der Waals surface area (Å²) in [5.74, 6) is -1.21. The molecular weight excluding hydrogens is 463 g/mol. The number of fused-ring (bicyclic) bond motifs is 1.